The Morgan fingerprint density at radius 1 is 1.35 bits per heavy atom. The largest absolute Gasteiger partial charge is 0.375 e. The van der Waals surface area contributed by atoms with E-state index in [1.165, 1.54) is 7.11 Å². The van der Waals surface area contributed by atoms with Gasteiger partial charge < -0.3 is 20.7 Å². The number of carbonyl (C=O) groups is 2. The van der Waals surface area contributed by atoms with E-state index in [1.807, 2.05) is 0 Å². The molecular formula is C14H25N3O3. The summed E-state index contributed by atoms with van der Waals surface area (Å²) in [5, 5.41) is 3.12. The highest BCUT2D eigenvalue weighted by atomic mass is 16.5. The van der Waals surface area contributed by atoms with E-state index in [0.717, 1.165) is 32.1 Å². The molecule has 1 saturated heterocycles. The van der Waals surface area contributed by atoms with Crippen LogP contribution in [0.5, 0.6) is 0 Å². The van der Waals surface area contributed by atoms with Gasteiger partial charge in [0.1, 0.15) is 6.61 Å². The van der Waals surface area contributed by atoms with Crippen molar-refractivity contribution in [3.8, 4) is 0 Å². The van der Waals surface area contributed by atoms with Crippen LogP contribution in [0, 0.1) is 5.41 Å². The Balaban J connectivity index is 1.77. The molecule has 0 aromatic rings. The first-order chi connectivity index (χ1) is 9.61. The number of hydrogen-bond donors (Lipinski definition) is 2. The molecule has 6 heteroatoms. The third-order valence-electron chi connectivity index (χ3n) is 4.63. The molecular weight excluding hydrogens is 258 g/mol. The minimum absolute atomic E-state index is 0.0229. The summed E-state index contributed by atoms with van der Waals surface area (Å²) in [5.41, 5.74) is 5.43. The molecule has 1 aliphatic carbocycles. The molecule has 0 unspecified atom stereocenters. The SMILES string of the molecule is COCC(=O)N1CCC(NC(=O)C2(CN)CCC2)CC1. The first-order valence-corrected chi connectivity index (χ1v) is 7.39. The zero-order chi connectivity index (χ0) is 14.6. The fourth-order valence-corrected chi connectivity index (χ4v) is 2.95. The molecule has 1 heterocycles. The second-order valence-corrected chi connectivity index (χ2v) is 5.90. The highest BCUT2D eigenvalue weighted by Crippen LogP contribution is 2.40. The molecule has 114 valence electrons. The minimum Gasteiger partial charge on any atom is -0.375 e. The van der Waals surface area contributed by atoms with E-state index in [9.17, 15) is 9.59 Å². The lowest BCUT2D eigenvalue weighted by Crippen LogP contribution is -2.55. The van der Waals surface area contributed by atoms with Gasteiger partial charge in [0.05, 0.1) is 5.41 Å². The van der Waals surface area contributed by atoms with Crippen LogP contribution in [0.2, 0.25) is 0 Å². The zero-order valence-corrected chi connectivity index (χ0v) is 12.2. The van der Waals surface area contributed by atoms with Crippen molar-refractivity contribution in [2.24, 2.45) is 11.1 Å². The van der Waals surface area contributed by atoms with Crippen molar-refractivity contribution >= 4 is 11.8 Å². The Kier molecular flexibility index (Phi) is 4.99. The van der Waals surface area contributed by atoms with Crippen LogP contribution in [-0.4, -0.2) is 56.1 Å². The van der Waals surface area contributed by atoms with Crippen LogP contribution in [0.15, 0.2) is 0 Å². The lowest BCUT2D eigenvalue weighted by atomic mass is 9.68. The smallest absolute Gasteiger partial charge is 0.248 e. The number of methoxy groups -OCH3 is 1. The van der Waals surface area contributed by atoms with Gasteiger partial charge in [-0.15, -0.1) is 0 Å². The molecule has 20 heavy (non-hydrogen) atoms. The number of ether oxygens (including phenoxy) is 1. The summed E-state index contributed by atoms with van der Waals surface area (Å²) in [6.45, 7) is 1.93. The van der Waals surface area contributed by atoms with E-state index >= 15 is 0 Å². The van der Waals surface area contributed by atoms with Crippen LogP contribution in [0.1, 0.15) is 32.1 Å². The molecule has 1 aliphatic heterocycles. The number of nitrogens with one attached hydrogen (secondary N) is 1. The van der Waals surface area contributed by atoms with Crippen LogP contribution in [0.3, 0.4) is 0 Å². The monoisotopic (exact) mass is 283 g/mol. The van der Waals surface area contributed by atoms with Crippen LogP contribution >= 0.6 is 0 Å². The Bertz CT molecular complexity index is 355. The van der Waals surface area contributed by atoms with E-state index < -0.39 is 0 Å². The standard InChI is InChI=1S/C14H25N3O3/c1-20-9-12(18)17-7-3-11(4-8-17)16-13(19)14(10-15)5-2-6-14/h11H,2-10,15H2,1H3,(H,16,19). The van der Waals surface area contributed by atoms with Crippen LogP contribution in [0.4, 0.5) is 0 Å². The van der Waals surface area contributed by atoms with Gasteiger partial charge in [-0.2, -0.15) is 0 Å². The Hall–Kier alpha value is -1.14. The molecule has 0 atom stereocenters. The van der Waals surface area contributed by atoms with Crippen molar-refractivity contribution in [3.05, 3.63) is 0 Å². The minimum atomic E-state index is -0.316. The van der Waals surface area contributed by atoms with Crippen molar-refractivity contribution in [3.63, 3.8) is 0 Å². The van der Waals surface area contributed by atoms with Gasteiger partial charge in [0.2, 0.25) is 11.8 Å². The zero-order valence-electron chi connectivity index (χ0n) is 12.2. The maximum absolute atomic E-state index is 12.3. The number of nitrogens with two attached hydrogens (primary N) is 1. The predicted octanol–water partition coefficient (Wildman–Crippen LogP) is -0.131. The van der Waals surface area contributed by atoms with E-state index in [0.29, 0.717) is 19.6 Å². The molecule has 2 fully saturated rings. The van der Waals surface area contributed by atoms with Crippen LogP contribution < -0.4 is 11.1 Å². The number of carbonyl (C=O) groups excluding carboxylic acids is 2. The van der Waals surface area contributed by atoms with Gasteiger partial charge in [-0.05, 0) is 25.7 Å². The summed E-state index contributed by atoms with van der Waals surface area (Å²) >= 11 is 0. The van der Waals surface area contributed by atoms with Gasteiger partial charge in [0.15, 0.2) is 0 Å². The third kappa shape index (κ3) is 3.12. The van der Waals surface area contributed by atoms with Gasteiger partial charge >= 0.3 is 0 Å². The average Bonchev–Trinajstić information content (AvgIpc) is 2.39. The van der Waals surface area contributed by atoms with Gasteiger partial charge in [-0.3, -0.25) is 9.59 Å². The lowest BCUT2D eigenvalue weighted by Gasteiger charge is -2.41. The number of rotatable bonds is 5. The third-order valence-corrected chi connectivity index (χ3v) is 4.63. The van der Waals surface area contributed by atoms with E-state index in [2.05, 4.69) is 5.32 Å². The summed E-state index contributed by atoms with van der Waals surface area (Å²) in [5.74, 6) is 0.127. The maximum Gasteiger partial charge on any atom is 0.248 e. The number of likely N-dealkylation sites (tertiary alicyclic amines) is 1. The highest BCUT2D eigenvalue weighted by molar-refractivity contribution is 5.84. The molecule has 2 rings (SSSR count). The number of piperidine rings is 1. The molecule has 3 N–H and O–H groups in total. The summed E-state index contributed by atoms with van der Waals surface area (Å²) in [4.78, 5) is 25.8. The molecule has 0 aromatic heterocycles. The van der Waals surface area contributed by atoms with Gasteiger partial charge in [0, 0.05) is 32.8 Å². The second-order valence-electron chi connectivity index (χ2n) is 5.90. The van der Waals surface area contributed by atoms with Crippen LogP contribution in [-0.2, 0) is 14.3 Å². The summed E-state index contributed by atoms with van der Waals surface area (Å²) in [6, 6.07) is 0.165. The number of amides is 2. The van der Waals surface area contributed by atoms with Crippen molar-refractivity contribution in [2.45, 2.75) is 38.1 Å². The molecule has 2 amide bonds. The first kappa shape index (κ1) is 15.3. The van der Waals surface area contributed by atoms with E-state index in [4.69, 9.17) is 10.5 Å². The Labute approximate surface area is 120 Å². The van der Waals surface area contributed by atoms with Crippen molar-refractivity contribution < 1.29 is 14.3 Å². The normalized spacial score (nSPS) is 22.2. The van der Waals surface area contributed by atoms with Crippen molar-refractivity contribution in [1.82, 2.24) is 10.2 Å². The van der Waals surface area contributed by atoms with Gasteiger partial charge in [-0.1, -0.05) is 6.42 Å². The summed E-state index contributed by atoms with van der Waals surface area (Å²) in [7, 11) is 1.52. The van der Waals surface area contributed by atoms with E-state index in [1.54, 1.807) is 4.90 Å². The van der Waals surface area contributed by atoms with Gasteiger partial charge in [0.25, 0.3) is 0 Å². The maximum atomic E-state index is 12.3. The lowest BCUT2D eigenvalue weighted by molar-refractivity contribution is -0.137. The number of hydrogen-bond acceptors (Lipinski definition) is 4. The van der Waals surface area contributed by atoms with Crippen molar-refractivity contribution in [1.29, 1.82) is 0 Å². The fourth-order valence-electron chi connectivity index (χ4n) is 2.95. The molecule has 0 spiro atoms. The van der Waals surface area contributed by atoms with Crippen molar-refractivity contribution in [2.75, 3.05) is 33.4 Å². The first-order valence-electron chi connectivity index (χ1n) is 7.39. The molecule has 1 saturated carbocycles. The highest BCUT2D eigenvalue weighted by Gasteiger charge is 2.43. The quantitative estimate of drug-likeness (QED) is 0.736. The second kappa shape index (κ2) is 6.54. The molecule has 0 aromatic carbocycles. The topological polar surface area (TPSA) is 84.7 Å². The molecule has 0 bridgehead atoms. The molecule has 2 aliphatic rings. The predicted molar refractivity (Wildman–Crippen MR) is 75.0 cm³/mol. The van der Waals surface area contributed by atoms with Gasteiger partial charge in [-0.25, -0.2) is 0 Å². The molecule has 6 nitrogen and oxygen atoms in total. The summed E-state index contributed by atoms with van der Waals surface area (Å²) in [6.07, 6.45) is 4.51. The number of nitrogens with zero attached hydrogens (tertiary/aromatic N) is 1. The average molecular weight is 283 g/mol. The Morgan fingerprint density at radius 3 is 2.45 bits per heavy atom. The van der Waals surface area contributed by atoms with Crippen LogP contribution in [0.25, 0.3) is 0 Å². The molecule has 0 radical (unpaired) electrons. The fraction of sp³-hybridized carbons (Fsp3) is 0.857. The van der Waals surface area contributed by atoms with E-state index in [-0.39, 0.29) is 29.9 Å². The Morgan fingerprint density at radius 2 is 2.00 bits per heavy atom. The summed E-state index contributed by atoms with van der Waals surface area (Å²) < 4.78 is 4.85.